The average molecular weight is 150 g/mol. The Morgan fingerprint density at radius 1 is 1.45 bits per heavy atom. The van der Waals surface area contributed by atoms with Crippen LogP contribution in [0.15, 0.2) is 18.2 Å². The first kappa shape index (κ1) is 8.21. The van der Waals surface area contributed by atoms with Crippen LogP contribution in [-0.2, 0) is 5.60 Å². The van der Waals surface area contributed by atoms with Gasteiger partial charge in [-0.1, -0.05) is 6.07 Å². The average Bonchev–Trinajstić information content (AvgIpc) is 1.86. The molecule has 0 aliphatic rings. The van der Waals surface area contributed by atoms with Crippen LogP contribution in [0.3, 0.4) is 0 Å². The van der Waals surface area contributed by atoms with E-state index in [-0.39, 0.29) is 0 Å². The number of aromatic nitrogens is 1. The van der Waals surface area contributed by atoms with E-state index in [4.69, 9.17) is 0 Å². The van der Waals surface area contributed by atoms with Crippen molar-refractivity contribution in [2.24, 2.45) is 0 Å². The number of nitrogens with zero attached hydrogens (tertiary/aromatic N) is 1. The van der Waals surface area contributed by atoms with E-state index in [1.165, 1.54) is 0 Å². The summed E-state index contributed by atoms with van der Waals surface area (Å²) in [4.78, 5) is 4.08. The smallest absolute Gasteiger partial charge is 0.101 e. The molecule has 1 aromatic rings. The minimum atomic E-state index is -0.867. The van der Waals surface area contributed by atoms with Crippen LogP contribution < -0.4 is 0 Å². The van der Waals surface area contributed by atoms with Gasteiger partial charge in [0, 0.05) is 5.69 Å². The van der Waals surface area contributed by atoms with Gasteiger partial charge >= 0.3 is 0 Å². The number of rotatable bonds is 1. The third-order valence-corrected chi connectivity index (χ3v) is 1.43. The van der Waals surface area contributed by atoms with Crippen LogP contribution in [0, 0.1) is 6.92 Å². The summed E-state index contributed by atoms with van der Waals surface area (Å²) in [5, 5.41) is 9.52. The molecule has 0 unspecified atom stereocenters. The van der Waals surface area contributed by atoms with Crippen LogP contribution in [0.25, 0.3) is 0 Å². The van der Waals surface area contributed by atoms with Gasteiger partial charge in [-0.25, -0.2) is 0 Å². The summed E-state index contributed by atoms with van der Waals surface area (Å²) in [5.41, 5.74) is 0.475. The van der Waals surface area contributed by atoms with E-state index in [1.807, 2.05) is 6.07 Å². The first-order valence-corrected chi connectivity index (χ1v) is 3.52. The van der Waals surface area contributed by atoms with Gasteiger partial charge in [0.25, 0.3) is 0 Å². The molecule has 1 aromatic heterocycles. The highest BCUT2D eigenvalue weighted by molar-refractivity contribution is 5.16. The zero-order valence-corrected chi connectivity index (χ0v) is 6.83. The Morgan fingerprint density at radius 2 is 2.09 bits per heavy atom. The fourth-order valence-electron chi connectivity index (χ4n) is 0.820. The number of hydrogen-bond acceptors (Lipinski definition) is 2. The molecule has 0 fully saturated rings. The van der Waals surface area contributed by atoms with Gasteiger partial charge in [-0.05, 0) is 32.9 Å². The SMILES string of the molecule is [CH2]c1cccc(C(C)(C)O)n1. The maximum absolute atomic E-state index is 9.52. The number of hydrogen-bond donors (Lipinski definition) is 1. The van der Waals surface area contributed by atoms with Crippen LogP contribution in [0.4, 0.5) is 0 Å². The Bertz CT molecular complexity index is 250. The molecule has 1 rings (SSSR count). The highest BCUT2D eigenvalue weighted by atomic mass is 16.3. The van der Waals surface area contributed by atoms with Gasteiger partial charge in [0.1, 0.15) is 5.60 Å². The van der Waals surface area contributed by atoms with E-state index in [9.17, 15) is 5.11 Å². The highest BCUT2D eigenvalue weighted by Gasteiger charge is 2.16. The molecule has 1 heterocycles. The van der Waals surface area contributed by atoms with Crippen LogP contribution in [-0.4, -0.2) is 10.1 Å². The Morgan fingerprint density at radius 3 is 2.45 bits per heavy atom. The molecule has 0 amide bonds. The summed E-state index contributed by atoms with van der Waals surface area (Å²) in [6.07, 6.45) is 0. The van der Waals surface area contributed by atoms with Gasteiger partial charge in [-0.15, -0.1) is 0 Å². The Labute approximate surface area is 66.9 Å². The maximum atomic E-state index is 9.52. The lowest BCUT2D eigenvalue weighted by atomic mass is 10.0. The third kappa shape index (κ3) is 2.02. The molecular weight excluding hydrogens is 138 g/mol. The highest BCUT2D eigenvalue weighted by Crippen LogP contribution is 2.16. The predicted octanol–water partition coefficient (Wildman–Crippen LogP) is 1.49. The molecule has 59 valence electrons. The molecule has 1 radical (unpaired) electrons. The van der Waals surface area contributed by atoms with Crippen molar-refractivity contribution in [2.45, 2.75) is 19.4 Å². The number of pyridine rings is 1. The number of aliphatic hydroxyl groups is 1. The monoisotopic (exact) mass is 150 g/mol. The van der Waals surface area contributed by atoms with E-state index in [2.05, 4.69) is 11.9 Å². The fraction of sp³-hybridized carbons (Fsp3) is 0.333. The quantitative estimate of drug-likeness (QED) is 0.658. The topological polar surface area (TPSA) is 33.1 Å². The minimum Gasteiger partial charge on any atom is -0.384 e. The van der Waals surface area contributed by atoms with Crippen molar-refractivity contribution < 1.29 is 5.11 Å². The van der Waals surface area contributed by atoms with E-state index in [1.54, 1.807) is 26.0 Å². The first-order chi connectivity index (χ1) is 5.00. The minimum absolute atomic E-state index is 0.657. The van der Waals surface area contributed by atoms with E-state index in [0.29, 0.717) is 11.4 Å². The second-order valence-electron chi connectivity index (χ2n) is 3.07. The molecule has 2 heteroatoms. The van der Waals surface area contributed by atoms with Gasteiger partial charge in [-0.2, -0.15) is 0 Å². The van der Waals surface area contributed by atoms with Crippen molar-refractivity contribution in [3.8, 4) is 0 Å². The summed E-state index contributed by atoms with van der Waals surface area (Å²) in [6, 6.07) is 5.42. The van der Waals surface area contributed by atoms with Crippen LogP contribution >= 0.6 is 0 Å². The Balaban J connectivity index is 3.06. The summed E-state index contributed by atoms with van der Waals surface area (Å²) in [7, 11) is 0. The lowest BCUT2D eigenvalue weighted by molar-refractivity contribution is 0.0737. The van der Waals surface area contributed by atoms with Gasteiger partial charge in [0.05, 0.1) is 5.69 Å². The molecule has 0 aromatic carbocycles. The molecule has 0 aliphatic carbocycles. The standard InChI is InChI=1S/C9H12NO/c1-7-5-4-6-8(10-7)9(2,3)11/h4-6,11H,1H2,2-3H3. The van der Waals surface area contributed by atoms with Crippen LogP contribution in [0.5, 0.6) is 0 Å². The summed E-state index contributed by atoms with van der Waals surface area (Å²) < 4.78 is 0. The lowest BCUT2D eigenvalue weighted by Crippen LogP contribution is -2.17. The second-order valence-corrected chi connectivity index (χ2v) is 3.07. The zero-order valence-electron chi connectivity index (χ0n) is 6.83. The summed E-state index contributed by atoms with van der Waals surface area (Å²) >= 11 is 0. The van der Waals surface area contributed by atoms with Crippen LogP contribution in [0.1, 0.15) is 25.2 Å². The van der Waals surface area contributed by atoms with E-state index >= 15 is 0 Å². The molecule has 11 heavy (non-hydrogen) atoms. The first-order valence-electron chi connectivity index (χ1n) is 3.52. The largest absolute Gasteiger partial charge is 0.384 e. The molecule has 1 N–H and O–H groups in total. The molecule has 0 saturated heterocycles. The van der Waals surface area contributed by atoms with Gasteiger partial charge in [-0.3, -0.25) is 4.98 Å². The van der Waals surface area contributed by atoms with E-state index < -0.39 is 5.60 Å². The van der Waals surface area contributed by atoms with E-state index in [0.717, 1.165) is 0 Å². The normalized spacial score (nSPS) is 11.6. The van der Waals surface area contributed by atoms with Crippen molar-refractivity contribution >= 4 is 0 Å². The molecular formula is C9H12NO. The van der Waals surface area contributed by atoms with Crippen molar-refractivity contribution in [1.82, 2.24) is 4.98 Å². The molecule has 0 bridgehead atoms. The zero-order chi connectivity index (χ0) is 8.48. The van der Waals surface area contributed by atoms with Crippen molar-refractivity contribution in [3.63, 3.8) is 0 Å². The van der Waals surface area contributed by atoms with Gasteiger partial charge in [0.15, 0.2) is 0 Å². The van der Waals surface area contributed by atoms with Crippen LogP contribution in [0.2, 0.25) is 0 Å². The summed E-state index contributed by atoms with van der Waals surface area (Å²) in [6.45, 7) is 7.08. The predicted molar refractivity (Wildman–Crippen MR) is 43.9 cm³/mol. The third-order valence-electron chi connectivity index (χ3n) is 1.43. The Hall–Kier alpha value is -0.890. The second kappa shape index (κ2) is 2.62. The fourth-order valence-corrected chi connectivity index (χ4v) is 0.820. The van der Waals surface area contributed by atoms with Gasteiger partial charge in [0.2, 0.25) is 0 Å². The van der Waals surface area contributed by atoms with Crippen molar-refractivity contribution in [1.29, 1.82) is 0 Å². The molecule has 0 aliphatic heterocycles. The molecule has 0 spiro atoms. The molecule has 0 atom stereocenters. The molecule has 0 saturated carbocycles. The van der Waals surface area contributed by atoms with Crippen molar-refractivity contribution in [2.75, 3.05) is 0 Å². The maximum Gasteiger partial charge on any atom is 0.101 e. The lowest BCUT2D eigenvalue weighted by Gasteiger charge is -2.16. The molecule has 2 nitrogen and oxygen atoms in total. The summed E-state index contributed by atoms with van der Waals surface area (Å²) in [5.74, 6) is 0. The van der Waals surface area contributed by atoms with Crippen molar-refractivity contribution in [3.05, 3.63) is 36.5 Å². The Kier molecular flexibility index (Phi) is 1.96. The van der Waals surface area contributed by atoms with Gasteiger partial charge < -0.3 is 5.11 Å².